The first-order valence-electron chi connectivity index (χ1n) is 7.80. The molecule has 4 nitrogen and oxygen atoms in total. The van der Waals surface area contributed by atoms with Gasteiger partial charge in [0.1, 0.15) is 5.75 Å². The monoisotopic (exact) mass is 320 g/mol. The molecule has 0 aliphatic rings. The molecule has 1 aromatic heterocycles. The van der Waals surface area contributed by atoms with E-state index in [9.17, 15) is 4.79 Å². The van der Waals surface area contributed by atoms with E-state index >= 15 is 0 Å². The number of benzene rings is 2. The Labute approximate surface area is 141 Å². The average Bonchev–Trinajstić information content (AvgIpc) is 3.06. The Balaban J connectivity index is 1.96. The molecule has 0 fully saturated rings. The molecule has 1 amide bonds. The lowest BCUT2D eigenvalue weighted by molar-refractivity contribution is 0.0942. The van der Waals surface area contributed by atoms with Crippen LogP contribution in [0.3, 0.4) is 0 Å². The van der Waals surface area contributed by atoms with Crippen molar-refractivity contribution in [2.45, 2.75) is 6.04 Å². The van der Waals surface area contributed by atoms with Crippen LogP contribution in [0.15, 0.2) is 72.9 Å². The van der Waals surface area contributed by atoms with Gasteiger partial charge in [-0.05, 0) is 42.0 Å². The molecule has 122 valence electrons. The molecular formula is C20H20N2O2. The topological polar surface area (TPSA) is 43.3 Å². The van der Waals surface area contributed by atoms with Crippen molar-refractivity contribution in [3.63, 3.8) is 0 Å². The van der Waals surface area contributed by atoms with E-state index in [1.54, 1.807) is 7.11 Å². The number of aryl methyl sites for hydroxylation is 1. The van der Waals surface area contributed by atoms with Crippen molar-refractivity contribution < 1.29 is 9.53 Å². The van der Waals surface area contributed by atoms with E-state index in [0.29, 0.717) is 5.56 Å². The van der Waals surface area contributed by atoms with Gasteiger partial charge in [-0.1, -0.05) is 30.3 Å². The molecule has 3 rings (SSSR count). The Morgan fingerprint density at radius 1 is 1.04 bits per heavy atom. The molecule has 1 unspecified atom stereocenters. The van der Waals surface area contributed by atoms with Crippen LogP contribution in [0.2, 0.25) is 0 Å². The highest BCUT2D eigenvalue weighted by Crippen LogP contribution is 2.25. The van der Waals surface area contributed by atoms with E-state index < -0.39 is 0 Å². The predicted octanol–water partition coefficient (Wildman–Crippen LogP) is 3.55. The molecule has 0 saturated heterocycles. The zero-order valence-corrected chi connectivity index (χ0v) is 13.8. The Morgan fingerprint density at radius 2 is 1.83 bits per heavy atom. The van der Waals surface area contributed by atoms with E-state index in [0.717, 1.165) is 17.0 Å². The number of rotatable bonds is 5. The van der Waals surface area contributed by atoms with E-state index in [1.807, 2.05) is 84.5 Å². The van der Waals surface area contributed by atoms with Gasteiger partial charge >= 0.3 is 0 Å². The predicted molar refractivity (Wildman–Crippen MR) is 94.2 cm³/mol. The van der Waals surface area contributed by atoms with Crippen molar-refractivity contribution in [3.05, 3.63) is 89.7 Å². The molecule has 0 aliphatic carbocycles. The van der Waals surface area contributed by atoms with Gasteiger partial charge in [-0.2, -0.15) is 0 Å². The second-order valence-electron chi connectivity index (χ2n) is 5.59. The summed E-state index contributed by atoms with van der Waals surface area (Å²) in [5.74, 6) is 0.658. The third-order valence-corrected chi connectivity index (χ3v) is 4.02. The molecule has 24 heavy (non-hydrogen) atoms. The lowest BCUT2D eigenvalue weighted by atomic mass is 10.0. The third-order valence-electron chi connectivity index (χ3n) is 4.02. The molecule has 0 bridgehead atoms. The summed E-state index contributed by atoms with van der Waals surface area (Å²) in [6, 6.07) is 20.7. The second-order valence-corrected chi connectivity index (χ2v) is 5.59. The van der Waals surface area contributed by atoms with Gasteiger partial charge in [-0.15, -0.1) is 0 Å². The number of amides is 1. The average molecular weight is 320 g/mol. The van der Waals surface area contributed by atoms with E-state index in [1.165, 1.54) is 0 Å². The molecule has 1 N–H and O–H groups in total. The molecule has 4 heteroatoms. The van der Waals surface area contributed by atoms with Gasteiger partial charge in [0.05, 0.1) is 13.2 Å². The van der Waals surface area contributed by atoms with Gasteiger partial charge < -0.3 is 14.6 Å². The fourth-order valence-corrected chi connectivity index (χ4v) is 2.73. The SMILES string of the molecule is COc1cccc(C(NC(=O)c2ccccc2)c2cccn2C)c1. The Kier molecular flexibility index (Phi) is 4.66. The fraction of sp³-hybridized carbons (Fsp3) is 0.150. The lowest BCUT2D eigenvalue weighted by Crippen LogP contribution is -2.30. The maximum atomic E-state index is 12.6. The summed E-state index contributed by atoms with van der Waals surface area (Å²) >= 11 is 0. The van der Waals surface area contributed by atoms with Crippen molar-refractivity contribution in [1.82, 2.24) is 9.88 Å². The van der Waals surface area contributed by atoms with Crippen molar-refractivity contribution in [3.8, 4) is 5.75 Å². The van der Waals surface area contributed by atoms with Crippen LogP contribution < -0.4 is 10.1 Å². The third kappa shape index (κ3) is 3.33. The van der Waals surface area contributed by atoms with Crippen LogP contribution in [0.25, 0.3) is 0 Å². The fourth-order valence-electron chi connectivity index (χ4n) is 2.73. The van der Waals surface area contributed by atoms with E-state index in [2.05, 4.69) is 5.32 Å². The largest absolute Gasteiger partial charge is 0.497 e. The molecular weight excluding hydrogens is 300 g/mol. The Bertz CT molecular complexity index is 824. The maximum Gasteiger partial charge on any atom is 0.252 e. The molecule has 1 heterocycles. The van der Waals surface area contributed by atoms with Gasteiger partial charge in [0.25, 0.3) is 5.91 Å². The van der Waals surface area contributed by atoms with E-state index in [-0.39, 0.29) is 11.9 Å². The number of methoxy groups -OCH3 is 1. The highest BCUT2D eigenvalue weighted by molar-refractivity contribution is 5.94. The van der Waals surface area contributed by atoms with Gasteiger partial charge in [-0.25, -0.2) is 0 Å². The van der Waals surface area contributed by atoms with Gasteiger partial charge in [0.15, 0.2) is 0 Å². The number of carbonyl (C=O) groups excluding carboxylic acids is 1. The summed E-state index contributed by atoms with van der Waals surface area (Å²) in [5, 5.41) is 3.13. The number of ether oxygens (including phenoxy) is 1. The molecule has 0 saturated carbocycles. The minimum absolute atomic E-state index is 0.107. The van der Waals surface area contributed by atoms with Crippen LogP contribution in [-0.4, -0.2) is 17.6 Å². The quantitative estimate of drug-likeness (QED) is 0.781. The summed E-state index contributed by atoms with van der Waals surface area (Å²) in [5.41, 5.74) is 2.62. The number of nitrogens with one attached hydrogen (secondary N) is 1. The van der Waals surface area contributed by atoms with Crippen LogP contribution in [0.5, 0.6) is 5.75 Å². The van der Waals surface area contributed by atoms with Crippen molar-refractivity contribution >= 4 is 5.91 Å². The number of aromatic nitrogens is 1. The van der Waals surface area contributed by atoms with Crippen LogP contribution in [0, 0.1) is 0 Å². The lowest BCUT2D eigenvalue weighted by Gasteiger charge is -2.21. The number of hydrogen-bond donors (Lipinski definition) is 1. The van der Waals surface area contributed by atoms with Gasteiger partial charge in [-0.3, -0.25) is 4.79 Å². The first-order valence-corrected chi connectivity index (χ1v) is 7.80. The zero-order chi connectivity index (χ0) is 16.9. The molecule has 0 spiro atoms. The molecule has 3 aromatic rings. The summed E-state index contributed by atoms with van der Waals surface area (Å²) in [6.07, 6.45) is 1.97. The minimum Gasteiger partial charge on any atom is -0.497 e. The smallest absolute Gasteiger partial charge is 0.252 e. The highest BCUT2D eigenvalue weighted by atomic mass is 16.5. The van der Waals surface area contributed by atoms with Crippen LogP contribution in [-0.2, 0) is 7.05 Å². The zero-order valence-electron chi connectivity index (χ0n) is 13.8. The van der Waals surface area contributed by atoms with Crippen molar-refractivity contribution in [2.24, 2.45) is 7.05 Å². The summed E-state index contributed by atoms with van der Waals surface area (Å²) in [6.45, 7) is 0. The van der Waals surface area contributed by atoms with Crippen LogP contribution in [0.1, 0.15) is 27.7 Å². The standard InChI is InChI=1S/C20H20N2O2/c1-22-13-7-12-18(22)19(16-10-6-11-17(14-16)24-2)21-20(23)15-8-4-3-5-9-15/h3-14,19H,1-2H3,(H,21,23). The Hall–Kier alpha value is -3.01. The number of carbonyl (C=O) groups is 1. The molecule has 1 atom stereocenters. The van der Waals surface area contributed by atoms with Crippen LogP contribution >= 0.6 is 0 Å². The Morgan fingerprint density at radius 3 is 2.50 bits per heavy atom. The van der Waals surface area contributed by atoms with Crippen molar-refractivity contribution in [1.29, 1.82) is 0 Å². The normalized spacial score (nSPS) is 11.8. The minimum atomic E-state index is -0.257. The first kappa shape index (κ1) is 15.9. The van der Waals surface area contributed by atoms with E-state index in [4.69, 9.17) is 4.74 Å². The number of nitrogens with zero attached hydrogens (tertiary/aromatic N) is 1. The maximum absolute atomic E-state index is 12.6. The summed E-state index contributed by atoms with van der Waals surface area (Å²) in [4.78, 5) is 12.6. The first-order chi connectivity index (χ1) is 11.7. The number of hydrogen-bond acceptors (Lipinski definition) is 2. The van der Waals surface area contributed by atoms with Crippen LogP contribution in [0.4, 0.5) is 0 Å². The summed E-state index contributed by atoms with van der Waals surface area (Å²) in [7, 11) is 3.61. The molecule has 2 aromatic carbocycles. The summed E-state index contributed by atoms with van der Waals surface area (Å²) < 4.78 is 7.33. The second kappa shape index (κ2) is 7.04. The highest BCUT2D eigenvalue weighted by Gasteiger charge is 2.20. The van der Waals surface area contributed by atoms with Gasteiger partial charge in [0.2, 0.25) is 0 Å². The van der Waals surface area contributed by atoms with Crippen molar-refractivity contribution in [2.75, 3.05) is 7.11 Å². The molecule has 0 radical (unpaired) electrons. The van der Waals surface area contributed by atoms with Gasteiger partial charge in [0, 0.05) is 24.5 Å². The molecule has 0 aliphatic heterocycles.